The molecule has 1 heterocycles. The molecule has 0 aromatic heterocycles. The van der Waals surface area contributed by atoms with Gasteiger partial charge in [-0.25, -0.2) is 9.18 Å². The predicted octanol–water partition coefficient (Wildman–Crippen LogP) is 2.49. The first-order valence-corrected chi connectivity index (χ1v) is 9.49. The second-order valence-corrected chi connectivity index (χ2v) is 6.72. The molecular formula is C21H27FN4O. The van der Waals surface area contributed by atoms with Crippen LogP contribution in [0.15, 0.2) is 54.6 Å². The Bertz CT molecular complexity index is 700. The van der Waals surface area contributed by atoms with E-state index >= 15 is 0 Å². The smallest absolute Gasteiger partial charge is 0.314 e. The minimum Gasteiger partial charge on any atom is -0.369 e. The summed E-state index contributed by atoms with van der Waals surface area (Å²) in [5.74, 6) is -0.203. The Labute approximate surface area is 160 Å². The summed E-state index contributed by atoms with van der Waals surface area (Å²) in [7, 11) is 0. The van der Waals surface area contributed by atoms with Crippen molar-refractivity contribution >= 4 is 11.7 Å². The van der Waals surface area contributed by atoms with Crippen LogP contribution in [0.3, 0.4) is 0 Å². The SMILES string of the molecule is O=C(NCCc1ccccc1)NCCN1CCN(c2ccc(F)cc2)CC1. The molecule has 1 saturated heterocycles. The van der Waals surface area contributed by atoms with Crippen molar-refractivity contribution in [2.45, 2.75) is 6.42 Å². The molecule has 0 saturated carbocycles. The fraction of sp³-hybridized carbons (Fsp3) is 0.381. The summed E-state index contributed by atoms with van der Waals surface area (Å²) in [6.07, 6.45) is 0.833. The van der Waals surface area contributed by atoms with E-state index in [0.717, 1.165) is 44.8 Å². The minimum atomic E-state index is -0.203. The third kappa shape index (κ3) is 6.25. The van der Waals surface area contributed by atoms with Gasteiger partial charge in [-0.15, -0.1) is 0 Å². The molecular weight excluding hydrogens is 343 g/mol. The first kappa shape index (κ1) is 19.2. The molecule has 0 radical (unpaired) electrons. The molecule has 2 aromatic carbocycles. The molecule has 0 unspecified atom stereocenters. The van der Waals surface area contributed by atoms with Crippen LogP contribution in [0.25, 0.3) is 0 Å². The molecule has 5 nitrogen and oxygen atoms in total. The van der Waals surface area contributed by atoms with Crippen molar-refractivity contribution in [3.63, 3.8) is 0 Å². The molecule has 2 N–H and O–H groups in total. The lowest BCUT2D eigenvalue weighted by Gasteiger charge is -2.36. The maximum absolute atomic E-state index is 13.0. The number of halogens is 1. The Morgan fingerprint density at radius 2 is 1.56 bits per heavy atom. The van der Waals surface area contributed by atoms with Crippen LogP contribution in [0, 0.1) is 5.82 Å². The maximum atomic E-state index is 13.0. The summed E-state index contributed by atoms with van der Waals surface area (Å²) in [5, 5.41) is 5.81. The Balaban J connectivity index is 1.27. The van der Waals surface area contributed by atoms with E-state index in [0.29, 0.717) is 13.1 Å². The van der Waals surface area contributed by atoms with Crippen LogP contribution >= 0.6 is 0 Å². The summed E-state index contributed by atoms with van der Waals surface area (Å²) in [5.41, 5.74) is 2.28. The Hall–Kier alpha value is -2.60. The van der Waals surface area contributed by atoms with E-state index in [2.05, 4.69) is 32.6 Å². The number of piperazine rings is 1. The van der Waals surface area contributed by atoms with Gasteiger partial charge in [0, 0.05) is 51.5 Å². The van der Waals surface area contributed by atoms with E-state index in [-0.39, 0.29) is 11.8 Å². The molecule has 0 aliphatic carbocycles. The number of urea groups is 1. The topological polar surface area (TPSA) is 47.6 Å². The fourth-order valence-electron chi connectivity index (χ4n) is 3.24. The maximum Gasteiger partial charge on any atom is 0.314 e. The Kier molecular flexibility index (Phi) is 7.04. The van der Waals surface area contributed by atoms with Gasteiger partial charge in [-0.05, 0) is 36.2 Å². The van der Waals surface area contributed by atoms with Crippen molar-refractivity contribution in [1.82, 2.24) is 15.5 Å². The van der Waals surface area contributed by atoms with Gasteiger partial charge in [-0.2, -0.15) is 0 Å². The predicted molar refractivity (Wildman–Crippen MR) is 107 cm³/mol. The highest BCUT2D eigenvalue weighted by molar-refractivity contribution is 5.73. The molecule has 1 fully saturated rings. The lowest BCUT2D eigenvalue weighted by molar-refractivity contribution is 0.232. The highest BCUT2D eigenvalue weighted by atomic mass is 19.1. The second kappa shape index (κ2) is 9.92. The summed E-state index contributed by atoms with van der Waals surface area (Å²) < 4.78 is 13.0. The first-order valence-electron chi connectivity index (χ1n) is 9.49. The Morgan fingerprint density at radius 1 is 0.889 bits per heavy atom. The van der Waals surface area contributed by atoms with Gasteiger partial charge < -0.3 is 15.5 Å². The molecule has 0 spiro atoms. The quantitative estimate of drug-likeness (QED) is 0.787. The van der Waals surface area contributed by atoms with Gasteiger partial charge in [0.05, 0.1) is 0 Å². The third-order valence-electron chi connectivity index (χ3n) is 4.82. The van der Waals surface area contributed by atoms with Crippen molar-refractivity contribution < 1.29 is 9.18 Å². The van der Waals surface area contributed by atoms with E-state index in [1.807, 2.05) is 30.3 Å². The number of nitrogens with one attached hydrogen (secondary N) is 2. The number of rotatable bonds is 7. The van der Waals surface area contributed by atoms with Gasteiger partial charge in [0.2, 0.25) is 0 Å². The number of amides is 2. The lowest BCUT2D eigenvalue weighted by atomic mass is 10.1. The Morgan fingerprint density at radius 3 is 2.26 bits per heavy atom. The largest absolute Gasteiger partial charge is 0.369 e. The summed E-state index contributed by atoms with van der Waals surface area (Å²) in [6.45, 7) is 5.80. The van der Waals surface area contributed by atoms with Crippen molar-refractivity contribution in [3.8, 4) is 0 Å². The average Bonchev–Trinajstić information content (AvgIpc) is 2.70. The van der Waals surface area contributed by atoms with E-state index in [1.54, 1.807) is 0 Å². The number of hydrogen-bond donors (Lipinski definition) is 2. The number of carbonyl (C=O) groups is 1. The van der Waals surface area contributed by atoms with E-state index in [1.165, 1.54) is 17.7 Å². The summed E-state index contributed by atoms with van der Waals surface area (Å²) >= 11 is 0. The highest BCUT2D eigenvalue weighted by Gasteiger charge is 2.17. The standard InChI is InChI=1S/C21H27FN4O/c22-19-6-8-20(9-7-19)26-16-14-25(15-17-26)13-12-24-21(27)23-11-10-18-4-2-1-3-5-18/h1-9H,10-17H2,(H2,23,24,27). The molecule has 144 valence electrons. The zero-order chi connectivity index (χ0) is 18.9. The number of carbonyl (C=O) groups excluding carboxylic acids is 1. The van der Waals surface area contributed by atoms with Crippen LogP contribution in [0.5, 0.6) is 0 Å². The van der Waals surface area contributed by atoms with Gasteiger partial charge in [-0.1, -0.05) is 30.3 Å². The van der Waals surface area contributed by atoms with Gasteiger partial charge >= 0.3 is 6.03 Å². The highest BCUT2D eigenvalue weighted by Crippen LogP contribution is 2.16. The fourth-order valence-corrected chi connectivity index (χ4v) is 3.24. The summed E-state index contributed by atoms with van der Waals surface area (Å²) in [6, 6.07) is 16.7. The number of benzene rings is 2. The van der Waals surface area contributed by atoms with Crippen LogP contribution in [-0.4, -0.2) is 56.7 Å². The molecule has 1 aliphatic rings. The van der Waals surface area contributed by atoms with E-state index < -0.39 is 0 Å². The van der Waals surface area contributed by atoms with Crippen molar-refractivity contribution in [1.29, 1.82) is 0 Å². The van der Waals surface area contributed by atoms with Crippen molar-refractivity contribution in [2.75, 3.05) is 50.7 Å². The van der Waals surface area contributed by atoms with Crippen LogP contribution in [0.1, 0.15) is 5.56 Å². The van der Waals surface area contributed by atoms with Crippen LogP contribution in [0.2, 0.25) is 0 Å². The normalized spacial score (nSPS) is 14.8. The molecule has 2 aromatic rings. The summed E-state index contributed by atoms with van der Waals surface area (Å²) in [4.78, 5) is 16.5. The molecule has 6 heteroatoms. The van der Waals surface area contributed by atoms with Crippen LogP contribution in [-0.2, 0) is 6.42 Å². The van der Waals surface area contributed by atoms with Crippen molar-refractivity contribution in [2.24, 2.45) is 0 Å². The van der Waals surface area contributed by atoms with Gasteiger partial charge in [0.15, 0.2) is 0 Å². The number of nitrogens with zero attached hydrogens (tertiary/aromatic N) is 2. The second-order valence-electron chi connectivity index (χ2n) is 6.72. The van der Waals surface area contributed by atoms with Gasteiger partial charge in [0.1, 0.15) is 5.82 Å². The van der Waals surface area contributed by atoms with Gasteiger partial charge in [-0.3, -0.25) is 4.90 Å². The zero-order valence-electron chi connectivity index (χ0n) is 15.5. The third-order valence-corrected chi connectivity index (χ3v) is 4.82. The number of hydrogen-bond acceptors (Lipinski definition) is 3. The monoisotopic (exact) mass is 370 g/mol. The van der Waals surface area contributed by atoms with Crippen LogP contribution in [0.4, 0.5) is 14.9 Å². The molecule has 3 rings (SSSR count). The molecule has 1 aliphatic heterocycles. The van der Waals surface area contributed by atoms with Crippen LogP contribution < -0.4 is 15.5 Å². The number of anilines is 1. The first-order chi connectivity index (χ1) is 13.2. The van der Waals surface area contributed by atoms with E-state index in [4.69, 9.17) is 0 Å². The van der Waals surface area contributed by atoms with Gasteiger partial charge in [0.25, 0.3) is 0 Å². The zero-order valence-corrected chi connectivity index (χ0v) is 15.5. The molecule has 0 atom stereocenters. The molecule has 2 amide bonds. The average molecular weight is 370 g/mol. The lowest BCUT2D eigenvalue weighted by Crippen LogP contribution is -2.49. The molecule has 0 bridgehead atoms. The van der Waals surface area contributed by atoms with Crippen molar-refractivity contribution in [3.05, 3.63) is 66.0 Å². The van der Waals surface area contributed by atoms with E-state index in [9.17, 15) is 9.18 Å². The minimum absolute atomic E-state index is 0.115. The molecule has 27 heavy (non-hydrogen) atoms.